The molecule has 0 fully saturated rings. The fourth-order valence-corrected chi connectivity index (χ4v) is 1.24. The van der Waals surface area contributed by atoms with Gasteiger partial charge in [-0.05, 0) is 24.5 Å². The fourth-order valence-electron chi connectivity index (χ4n) is 1.24. The van der Waals surface area contributed by atoms with Gasteiger partial charge in [-0.3, -0.25) is 10.1 Å². The van der Waals surface area contributed by atoms with Crippen LogP contribution in [0.25, 0.3) is 5.57 Å². The molecule has 0 bridgehead atoms. The highest BCUT2D eigenvalue weighted by atomic mass is 16.6. The Kier molecular flexibility index (Phi) is 3.40. The summed E-state index contributed by atoms with van der Waals surface area (Å²) < 4.78 is 0. The van der Waals surface area contributed by atoms with Crippen LogP contribution in [0.2, 0.25) is 0 Å². The highest BCUT2D eigenvalue weighted by molar-refractivity contribution is 5.62. The summed E-state index contributed by atoms with van der Waals surface area (Å²) in [6.07, 6.45) is 2.01. The van der Waals surface area contributed by atoms with Crippen LogP contribution in [-0.2, 0) is 6.42 Å². The van der Waals surface area contributed by atoms with E-state index in [4.69, 9.17) is 0 Å². The maximum absolute atomic E-state index is 10.2. The predicted octanol–water partition coefficient (Wildman–Crippen LogP) is 2.89. The first kappa shape index (κ1) is 10.4. The molecule has 0 atom stereocenters. The number of hydrogen-bond donors (Lipinski definition) is 0. The lowest BCUT2D eigenvalue weighted by atomic mass is 10.1. The highest BCUT2D eigenvalue weighted by Gasteiger charge is 1.99. The minimum atomic E-state index is -0.428. The third-order valence-corrected chi connectivity index (χ3v) is 2.12. The van der Waals surface area contributed by atoms with Crippen LogP contribution in [-0.4, -0.2) is 4.92 Å². The minimum Gasteiger partial charge on any atom is -0.259 e. The molecule has 0 aromatic heterocycles. The maximum atomic E-state index is 10.2. The first-order chi connectivity index (χ1) is 6.63. The van der Waals surface area contributed by atoms with Crippen molar-refractivity contribution in [2.45, 2.75) is 20.3 Å². The van der Waals surface area contributed by atoms with Crippen LogP contribution in [0.1, 0.15) is 25.0 Å². The van der Waals surface area contributed by atoms with Gasteiger partial charge in [0, 0.05) is 5.57 Å². The molecule has 0 N–H and O–H groups in total. The molecule has 0 saturated heterocycles. The van der Waals surface area contributed by atoms with Gasteiger partial charge in [-0.1, -0.05) is 31.2 Å². The fraction of sp³-hybridized carbons (Fsp3) is 0.273. The Balaban J connectivity index is 2.92. The highest BCUT2D eigenvalue weighted by Crippen LogP contribution is 2.14. The Hall–Kier alpha value is -1.64. The zero-order chi connectivity index (χ0) is 10.6. The molecular formula is C11H13NO2. The second-order valence-electron chi connectivity index (χ2n) is 3.15. The van der Waals surface area contributed by atoms with Gasteiger partial charge in [0.2, 0.25) is 6.20 Å². The van der Waals surface area contributed by atoms with Crippen LogP contribution in [0, 0.1) is 10.1 Å². The summed E-state index contributed by atoms with van der Waals surface area (Å²) in [5.41, 5.74) is 2.82. The SMILES string of the molecule is CCc1ccc(/C(C)=C/[N+](=O)[O-])cc1. The van der Waals surface area contributed by atoms with Gasteiger partial charge in [-0.2, -0.15) is 0 Å². The second kappa shape index (κ2) is 4.56. The molecule has 0 aliphatic heterocycles. The van der Waals surface area contributed by atoms with E-state index in [1.807, 2.05) is 24.3 Å². The van der Waals surface area contributed by atoms with Crippen LogP contribution in [0.3, 0.4) is 0 Å². The van der Waals surface area contributed by atoms with Crippen LogP contribution < -0.4 is 0 Å². The molecule has 0 aliphatic carbocycles. The number of allylic oxidation sites excluding steroid dienone is 1. The molecule has 0 saturated carbocycles. The molecule has 14 heavy (non-hydrogen) atoms. The van der Waals surface area contributed by atoms with Gasteiger partial charge in [0.1, 0.15) is 0 Å². The smallest absolute Gasteiger partial charge is 0.237 e. The number of benzene rings is 1. The van der Waals surface area contributed by atoms with Gasteiger partial charge in [0.15, 0.2) is 0 Å². The number of rotatable bonds is 3. The monoisotopic (exact) mass is 191 g/mol. The first-order valence-corrected chi connectivity index (χ1v) is 4.54. The average molecular weight is 191 g/mol. The zero-order valence-electron chi connectivity index (χ0n) is 8.36. The summed E-state index contributed by atoms with van der Waals surface area (Å²) in [5, 5.41) is 10.2. The third kappa shape index (κ3) is 2.69. The largest absolute Gasteiger partial charge is 0.259 e. The number of nitrogens with zero attached hydrogens (tertiary/aromatic N) is 1. The van der Waals surface area contributed by atoms with Gasteiger partial charge in [-0.25, -0.2) is 0 Å². The van der Waals surface area contributed by atoms with Crippen LogP contribution >= 0.6 is 0 Å². The van der Waals surface area contributed by atoms with Gasteiger partial charge >= 0.3 is 0 Å². The molecule has 0 radical (unpaired) electrons. The van der Waals surface area contributed by atoms with Crippen molar-refractivity contribution in [3.8, 4) is 0 Å². The summed E-state index contributed by atoms with van der Waals surface area (Å²) >= 11 is 0. The average Bonchev–Trinajstić information content (AvgIpc) is 2.17. The van der Waals surface area contributed by atoms with E-state index in [9.17, 15) is 10.1 Å². The Morgan fingerprint density at radius 3 is 2.43 bits per heavy atom. The number of hydrogen-bond acceptors (Lipinski definition) is 2. The molecule has 3 heteroatoms. The van der Waals surface area contributed by atoms with E-state index >= 15 is 0 Å². The van der Waals surface area contributed by atoms with Crippen molar-refractivity contribution >= 4 is 5.57 Å². The van der Waals surface area contributed by atoms with E-state index in [2.05, 4.69) is 6.92 Å². The first-order valence-electron chi connectivity index (χ1n) is 4.54. The van der Waals surface area contributed by atoms with Crippen molar-refractivity contribution in [2.75, 3.05) is 0 Å². The number of nitro groups is 1. The van der Waals surface area contributed by atoms with E-state index in [1.165, 1.54) is 5.56 Å². The molecule has 0 amide bonds. The number of aryl methyl sites for hydroxylation is 1. The van der Waals surface area contributed by atoms with Gasteiger partial charge in [-0.15, -0.1) is 0 Å². The summed E-state index contributed by atoms with van der Waals surface area (Å²) in [6.45, 7) is 3.82. The Morgan fingerprint density at radius 1 is 1.43 bits per heavy atom. The summed E-state index contributed by atoms with van der Waals surface area (Å²) in [4.78, 5) is 9.81. The van der Waals surface area contributed by atoms with Gasteiger partial charge < -0.3 is 0 Å². The van der Waals surface area contributed by atoms with E-state index in [0.717, 1.165) is 18.2 Å². The molecule has 0 aliphatic rings. The predicted molar refractivity (Wildman–Crippen MR) is 56.5 cm³/mol. The molecule has 1 aromatic carbocycles. The Labute approximate surface area is 83.2 Å². The molecule has 1 rings (SSSR count). The van der Waals surface area contributed by atoms with Crippen LogP contribution in [0.15, 0.2) is 30.5 Å². The molecule has 74 valence electrons. The molecule has 0 spiro atoms. The molecule has 0 unspecified atom stereocenters. The summed E-state index contributed by atoms with van der Waals surface area (Å²) in [6, 6.07) is 7.81. The second-order valence-corrected chi connectivity index (χ2v) is 3.15. The maximum Gasteiger partial charge on any atom is 0.237 e. The molecular weight excluding hydrogens is 178 g/mol. The van der Waals surface area contributed by atoms with E-state index in [1.54, 1.807) is 6.92 Å². The summed E-state index contributed by atoms with van der Waals surface area (Å²) in [7, 11) is 0. The molecule has 0 heterocycles. The minimum absolute atomic E-state index is 0.428. The lowest BCUT2D eigenvalue weighted by molar-refractivity contribution is -0.401. The van der Waals surface area contributed by atoms with Crippen molar-refractivity contribution in [2.24, 2.45) is 0 Å². The molecule has 1 aromatic rings. The van der Waals surface area contributed by atoms with Crippen molar-refractivity contribution in [1.82, 2.24) is 0 Å². The van der Waals surface area contributed by atoms with Crippen molar-refractivity contribution in [3.05, 3.63) is 51.7 Å². The summed E-state index contributed by atoms with van der Waals surface area (Å²) in [5.74, 6) is 0. The quantitative estimate of drug-likeness (QED) is 0.544. The Bertz CT molecular complexity index is 352. The van der Waals surface area contributed by atoms with E-state index < -0.39 is 4.92 Å². The Morgan fingerprint density at radius 2 is 2.00 bits per heavy atom. The van der Waals surface area contributed by atoms with Crippen LogP contribution in [0.4, 0.5) is 0 Å². The third-order valence-electron chi connectivity index (χ3n) is 2.12. The van der Waals surface area contributed by atoms with Crippen molar-refractivity contribution in [3.63, 3.8) is 0 Å². The van der Waals surface area contributed by atoms with Crippen LogP contribution in [0.5, 0.6) is 0 Å². The lowest BCUT2D eigenvalue weighted by Crippen LogP contribution is -1.88. The molecule has 3 nitrogen and oxygen atoms in total. The standard InChI is InChI=1S/C11H13NO2/c1-3-10-4-6-11(7-5-10)9(2)8-12(13)14/h4-8H,3H2,1-2H3/b9-8+. The van der Waals surface area contributed by atoms with Crippen molar-refractivity contribution in [1.29, 1.82) is 0 Å². The van der Waals surface area contributed by atoms with Gasteiger partial charge in [0.25, 0.3) is 0 Å². The van der Waals surface area contributed by atoms with Crippen molar-refractivity contribution < 1.29 is 4.92 Å². The lowest BCUT2D eigenvalue weighted by Gasteiger charge is -2.00. The normalized spacial score (nSPS) is 11.4. The topological polar surface area (TPSA) is 43.1 Å². The zero-order valence-corrected chi connectivity index (χ0v) is 8.36. The van der Waals surface area contributed by atoms with E-state index in [0.29, 0.717) is 5.57 Å². The van der Waals surface area contributed by atoms with E-state index in [-0.39, 0.29) is 0 Å². The van der Waals surface area contributed by atoms with Gasteiger partial charge in [0.05, 0.1) is 4.92 Å².